The van der Waals surface area contributed by atoms with E-state index >= 15 is 0 Å². The molecule has 2 aliphatic carbocycles. The van der Waals surface area contributed by atoms with Crippen LogP contribution in [0.25, 0.3) is 0 Å². The lowest BCUT2D eigenvalue weighted by Gasteiger charge is -2.21. The maximum Gasteiger partial charge on any atom is 0.0647 e. The van der Waals surface area contributed by atoms with Crippen molar-refractivity contribution in [1.29, 1.82) is 0 Å². The molecule has 1 saturated carbocycles. The van der Waals surface area contributed by atoms with E-state index in [0.29, 0.717) is 5.92 Å². The molecule has 1 fully saturated rings. The molecule has 2 rings (SSSR count). The average molecular weight is 150 g/mol. The van der Waals surface area contributed by atoms with Crippen molar-refractivity contribution in [2.45, 2.75) is 19.3 Å². The van der Waals surface area contributed by atoms with Crippen molar-refractivity contribution in [2.75, 3.05) is 6.61 Å². The van der Waals surface area contributed by atoms with Crippen molar-refractivity contribution in [3.05, 3.63) is 23.8 Å². The van der Waals surface area contributed by atoms with Gasteiger partial charge in [0.15, 0.2) is 0 Å². The standard InChI is InChI=1S/C10H14O/c11-7-9-5-1-3-8-4-2-6-10(8)9/h1,3,5,8,10-11H,2,4,6-7H2/t8-,10+/m0/s1. The third kappa shape index (κ3) is 1.14. The molecule has 0 unspecified atom stereocenters. The van der Waals surface area contributed by atoms with Crippen molar-refractivity contribution >= 4 is 0 Å². The Balaban J connectivity index is 2.19. The lowest BCUT2D eigenvalue weighted by Crippen LogP contribution is -2.13. The maximum atomic E-state index is 9.04. The number of aliphatic hydroxyl groups excluding tert-OH is 1. The monoisotopic (exact) mass is 150 g/mol. The van der Waals surface area contributed by atoms with Crippen molar-refractivity contribution in [3.63, 3.8) is 0 Å². The molecule has 1 N–H and O–H groups in total. The molecule has 0 radical (unpaired) electrons. The summed E-state index contributed by atoms with van der Waals surface area (Å²) in [6.45, 7) is 0.255. The van der Waals surface area contributed by atoms with Crippen LogP contribution in [0.4, 0.5) is 0 Å². The molecule has 11 heavy (non-hydrogen) atoms. The molecular weight excluding hydrogens is 136 g/mol. The highest BCUT2D eigenvalue weighted by Crippen LogP contribution is 2.39. The number of fused-ring (bicyclic) bond motifs is 1. The molecule has 0 aromatic heterocycles. The first-order chi connectivity index (χ1) is 5.42. The predicted octanol–water partition coefficient (Wildman–Crippen LogP) is 1.89. The van der Waals surface area contributed by atoms with Gasteiger partial charge in [-0.1, -0.05) is 24.6 Å². The quantitative estimate of drug-likeness (QED) is 0.605. The Morgan fingerprint density at radius 2 is 2.36 bits per heavy atom. The number of hydrogen-bond acceptors (Lipinski definition) is 1. The Bertz CT molecular complexity index is 203. The fraction of sp³-hybridized carbons (Fsp3) is 0.600. The normalized spacial score (nSPS) is 35.2. The minimum Gasteiger partial charge on any atom is -0.392 e. The molecule has 0 saturated heterocycles. The van der Waals surface area contributed by atoms with Gasteiger partial charge in [-0.15, -0.1) is 0 Å². The lowest BCUT2D eigenvalue weighted by molar-refractivity contribution is 0.305. The summed E-state index contributed by atoms with van der Waals surface area (Å²) in [6, 6.07) is 0. The third-order valence-corrected chi connectivity index (χ3v) is 2.90. The molecule has 0 amide bonds. The maximum absolute atomic E-state index is 9.04. The second-order valence-electron chi connectivity index (χ2n) is 3.49. The second kappa shape index (κ2) is 2.82. The van der Waals surface area contributed by atoms with Crippen LogP contribution in [0.3, 0.4) is 0 Å². The van der Waals surface area contributed by atoms with Crippen molar-refractivity contribution in [2.24, 2.45) is 11.8 Å². The highest BCUT2D eigenvalue weighted by atomic mass is 16.3. The SMILES string of the molecule is OCC1=CC=C[C@H]2CCC[C@@H]12. The van der Waals surface area contributed by atoms with Gasteiger partial charge in [-0.2, -0.15) is 0 Å². The van der Waals surface area contributed by atoms with Gasteiger partial charge in [-0.05, 0) is 30.3 Å². The third-order valence-electron chi connectivity index (χ3n) is 2.90. The largest absolute Gasteiger partial charge is 0.392 e. The van der Waals surface area contributed by atoms with E-state index in [1.165, 1.54) is 24.8 Å². The highest BCUT2D eigenvalue weighted by Gasteiger charge is 2.28. The Kier molecular flexibility index (Phi) is 1.82. The highest BCUT2D eigenvalue weighted by molar-refractivity contribution is 5.24. The summed E-state index contributed by atoms with van der Waals surface area (Å²) in [5.41, 5.74) is 1.25. The smallest absolute Gasteiger partial charge is 0.0647 e. The Morgan fingerprint density at radius 1 is 1.45 bits per heavy atom. The Hall–Kier alpha value is -0.560. The molecule has 1 heteroatoms. The minimum absolute atomic E-state index is 0.255. The van der Waals surface area contributed by atoms with E-state index in [9.17, 15) is 0 Å². The van der Waals surface area contributed by atoms with E-state index in [1.807, 2.05) is 0 Å². The van der Waals surface area contributed by atoms with Crippen LogP contribution < -0.4 is 0 Å². The summed E-state index contributed by atoms with van der Waals surface area (Å²) in [5.74, 6) is 1.41. The van der Waals surface area contributed by atoms with Crippen molar-refractivity contribution in [3.8, 4) is 0 Å². The van der Waals surface area contributed by atoms with Gasteiger partial charge in [0.25, 0.3) is 0 Å². The summed E-state index contributed by atoms with van der Waals surface area (Å²) in [5, 5.41) is 9.04. The molecular formula is C10H14O. The van der Waals surface area contributed by atoms with E-state index in [2.05, 4.69) is 18.2 Å². The number of aliphatic hydroxyl groups is 1. The van der Waals surface area contributed by atoms with Gasteiger partial charge >= 0.3 is 0 Å². The van der Waals surface area contributed by atoms with E-state index in [0.717, 1.165) is 5.92 Å². The molecule has 0 aromatic carbocycles. The van der Waals surface area contributed by atoms with E-state index in [4.69, 9.17) is 5.11 Å². The van der Waals surface area contributed by atoms with Gasteiger partial charge < -0.3 is 5.11 Å². The summed E-state index contributed by atoms with van der Waals surface area (Å²) in [6.07, 6.45) is 10.4. The van der Waals surface area contributed by atoms with Crippen LogP contribution in [0.1, 0.15) is 19.3 Å². The second-order valence-corrected chi connectivity index (χ2v) is 3.49. The van der Waals surface area contributed by atoms with Gasteiger partial charge in [-0.3, -0.25) is 0 Å². The fourth-order valence-electron chi connectivity index (χ4n) is 2.29. The molecule has 2 atom stereocenters. The van der Waals surface area contributed by atoms with E-state index < -0.39 is 0 Å². The summed E-state index contributed by atoms with van der Waals surface area (Å²) in [4.78, 5) is 0. The first-order valence-corrected chi connectivity index (χ1v) is 4.40. The van der Waals surface area contributed by atoms with Crippen LogP contribution >= 0.6 is 0 Å². The van der Waals surface area contributed by atoms with Crippen LogP contribution in [0, 0.1) is 11.8 Å². The zero-order valence-electron chi connectivity index (χ0n) is 6.66. The first kappa shape index (κ1) is 7.11. The summed E-state index contributed by atoms with van der Waals surface area (Å²) >= 11 is 0. The van der Waals surface area contributed by atoms with Gasteiger partial charge in [-0.25, -0.2) is 0 Å². The van der Waals surface area contributed by atoms with Crippen LogP contribution in [0.5, 0.6) is 0 Å². The Labute approximate surface area is 67.4 Å². The fourth-order valence-corrected chi connectivity index (χ4v) is 2.29. The van der Waals surface area contributed by atoms with Gasteiger partial charge in [0.05, 0.1) is 6.61 Å². The van der Waals surface area contributed by atoms with E-state index in [-0.39, 0.29) is 6.61 Å². The number of hydrogen-bond donors (Lipinski definition) is 1. The molecule has 0 aromatic rings. The minimum atomic E-state index is 0.255. The van der Waals surface area contributed by atoms with E-state index in [1.54, 1.807) is 0 Å². The van der Waals surface area contributed by atoms with Gasteiger partial charge in [0.2, 0.25) is 0 Å². The van der Waals surface area contributed by atoms with Crippen LogP contribution in [-0.2, 0) is 0 Å². The molecule has 0 heterocycles. The summed E-state index contributed by atoms with van der Waals surface area (Å²) in [7, 11) is 0. The molecule has 2 aliphatic rings. The molecule has 1 nitrogen and oxygen atoms in total. The van der Waals surface area contributed by atoms with Crippen molar-refractivity contribution in [1.82, 2.24) is 0 Å². The molecule has 60 valence electrons. The lowest BCUT2D eigenvalue weighted by atomic mass is 9.85. The molecule has 0 bridgehead atoms. The Morgan fingerprint density at radius 3 is 3.18 bits per heavy atom. The molecule has 0 aliphatic heterocycles. The van der Waals surface area contributed by atoms with Gasteiger partial charge in [0, 0.05) is 0 Å². The average Bonchev–Trinajstić information content (AvgIpc) is 2.50. The predicted molar refractivity (Wildman–Crippen MR) is 45.1 cm³/mol. The zero-order valence-corrected chi connectivity index (χ0v) is 6.66. The van der Waals surface area contributed by atoms with Crippen LogP contribution in [0.15, 0.2) is 23.8 Å². The topological polar surface area (TPSA) is 20.2 Å². The van der Waals surface area contributed by atoms with Crippen molar-refractivity contribution < 1.29 is 5.11 Å². The van der Waals surface area contributed by atoms with Crippen LogP contribution in [-0.4, -0.2) is 11.7 Å². The summed E-state index contributed by atoms with van der Waals surface area (Å²) < 4.78 is 0. The van der Waals surface area contributed by atoms with Gasteiger partial charge in [0.1, 0.15) is 0 Å². The number of rotatable bonds is 1. The first-order valence-electron chi connectivity index (χ1n) is 4.40. The zero-order chi connectivity index (χ0) is 7.68. The number of allylic oxidation sites excluding steroid dienone is 3. The van der Waals surface area contributed by atoms with Crippen LogP contribution in [0.2, 0.25) is 0 Å². The molecule has 0 spiro atoms.